The maximum Gasteiger partial charge on any atom is 0.261 e. The van der Waals surface area contributed by atoms with Gasteiger partial charge in [0.15, 0.2) is 0 Å². The Balaban J connectivity index is 1.91. The smallest absolute Gasteiger partial charge is 0.261 e. The van der Waals surface area contributed by atoms with Crippen LogP contribution in [0.25, 0.3) is 0 Å². The number of carbonyl (C=O) groups excluding carboxylic acids is 2. The van der Waals surface area contributed by atoms with Crippen molar-refractivity contribution in [3.63, 3.8) is 0 Å². The van der Waals surface area contributed by atoms with Crippen molar-refractivity contribution in [2.45, 2.75) is 6.54 Å². The minimum Gasteiger partial charge on any atom is -0.270 e. The third kappa shape index (κ3) is 2.13. The summed E-state index contributed by atoms with van der Waals surface area (Å²) in [5.41, 5.74) is 1.62. The Labute approximate surface area is 128 Å². The van der Waals surface area contributed by atoms with Crippen LogP contribution >= 0.6 is 27.5 Å². The minimum absolute atomic E-state index is 0.176. The van der Waals surface area contributed by atoms with Crippen molar-refractivity contribution in [1.29, 1.82) is 0 Å². The van der Waals surface area contributed by atoms with Crippen LogP contribution in [-0.2, 0) is 6.54 Å². The number of imide groups is 1. The van der Waals surface area contributed by atoms with Crippen LogP contribution in [0.4, 0.5) is 0 Å². The van der Waals surface area contributed by atoms with Crippen molar-refractivity contribution in [2.75, 3.05) is 0 Å². The molecule has 2 heterocycles. The number of halogens is 2. The first-order chi connectivity index (χ1) is 9.58. The average Bonchev–Trinajstić information content (AvgIpc) is 2.69. The molecule has 0 fully saturated rings. The number of amides is 2. The molecule has 2 amide bonds. The standard InChI is InChI=1S/C14H8BrClN2O2/c15-11-5-8(6-17-12(11)16)7-18-13(19)9-3-1-2-4-10(9)14(18)20/h1-6H,7H2. The molecule has 0 spiro atoms. The molecule has 0 aliphatic carbocycles. The Bertz CT molecular complexity index is 698. The summed E-state index contributed by atoms with van der Waals surface area (Å²) < 4.78 is 0.633. The highest BCUT2D eigenvalue weighted by Gasteiger charge is 2.34. The molecule has 0 radical (unpaired) electrons. The summed E-state index contributed by atoms with van der Waals surface area (Å²) in [4.78, 5) is 29.6. The normalized spacial score (nSPS) is 13.8. The Morgan fingerprint density at radius 2 is 1.75 bits per heavy atom. The van der Waals surface area contributed by atoms with E-state index >= 15 is 0 Å². The summed E-state index contributed by atoms with van der Waals surface area (Å²) in [6.07, 6.45) is 1.55. The molecule has 0 N–H and O–H groups in total. The molecule has 20 heavy (non-hydrogen) atoms. The van der Waals surface area contributed by atoms with Gasteiger partial charge in [0.05, 0.1) is 22.1 Å². The summed E-state index contributed by atoms with van der Waals surface area (Å²) in [5.74, 6) is -0.562. The van der Waals surface area contributed by atoms with Gasteiger partial charge in [-0.1, -0.05) is 23.7 Å². The second-order valence-corrected chi connectivity index (χ2v) is 5.57. The molecule has 0 unspecified atom stereocenters. The second kappa shape index (κ2) is 5.00. The van der Waals surface area contributed by atoms with Crippen LogP contribution < -0.4 is 0 Å². The van der Waals surface area contributed by atoms with Crippen LogP contribution in [0.2, 0.25) is 5.15 Å². The van der Waals surface area contributed by atoms with Crippen molar-refractivity contribution < 1.29 is 9.59 Å². The van der Waals surface area contributed by atoms with Gasteiger partial charge in [-0.25, -0.2) is 4.98 Å². The summed E-state index contributed by atoms with van der Waals surface area (Å²) >= 11 is 9.09. The Morgan fingerprint density at radius 3 is 2.30 bits per heavy atom. The topological polar surface area (TPSA) is 50.3 Å². The van der Waals surface area contributed by atoms with E-state index in [0.29, 0.717) is 20.8 Å². The third-order valence-electron chi connectivity index (χ3n) is 3.07. The monoisotopic (exact) mass is 350 g/mol. The number of carbonyl (C=O) groups is 2. The lowest BCUT2D eigenvalue weighted by atomic mass is 10.1. The van der Waals surface area contributed by atoms with Crippen LogP contribution in [0.15, 0.2) is 41.0 Å². The largest absolute Gasteiger partial charge is 0.270 e. The molecular formula is C14H8BrClN2O2. The van der Waals surface area contributed by atoms with Crippen molar-refractivity contribution in [2.24, 2.45) is 0 Å². The van der Waals surface area contributed by atoms with Gasteiger partial charge in [0.25, 0.3) is 11.8 Å². The highest BCUT2D eigenvalue weighted by Crippen LogP contribution is 2.26. The summed E-state index contributed by atoms with van der Waals surface area (Å²) in [7, 11) is 0. The lowest BCUT2D eigenvalue weighted by Gasteiger charge is -2.13. The number of hydrogen-bond donors (Lipinski definition) is 0. The van der Waals surface area contributed by atoms with Crippen LogP contribution in [0, 0.1) is 0 Å². The number of nitrogens with zero attached hydrogens (tertiary/aromatic N) is 2. The number of hydrogen-bond acceptors (Lipinski definition) is 3. The molecule has 0 bridgehead atoms. The van der Waals surface area contributed by atoms with Crippen molar-refractivity contribution >= 4 is 39.3 Å². The van der Waals surface area contributed by atoms with Gasteiger partial charge in [-0.15, -0.1) is 0 Å². The van der Waals surface area contributed by atoms with Crippen LogP contribution in [0.1, 0.15) is 26.3 Å². The molecule has 0 atom stereocenters. The van der Waals surface area contributed by atoms with Crippen molar-refractivity contribution in [3.05, 3.63) is 62.8 Å². The van der Waals surface area contributed by atoms with Gasteiger partial charge in [-0.3, -0.25) is 14.5 Å². The molecule has 0 saturated carbocycles. The molecule has 4 nitrogen and oxygen atoms in total. The summed E-state index contributed by atoms with van der Waals surface area (Å²) in [6, 6.07) is 8.55. The van der Waals surface area contributed by atoms with E-state index in [-0.39, 0.29) is 18.4 Å². The van der Waals surface area contributed by atoms with E-state index in [1.807, 2.05) is 0 Å². The second-order valence-electron chi connectivity index (χ2n) is 4.36. The van der Waals surface area contributed by atoms with Gasteiger partial charge in [0, 0.05) is 6.20 Å². The van der Waals surface area contributed by atoms with E-state index in [1.165, 1.54) is 4.90 Å². The zero-order valence-corrected chi connectivity index (χ0v) is 12.5. The Kier molecular flexibility index (Phi) is 3.31. The fraction of sp³-hybridized carbons (Fsp3) is 0.0714. The molecule has 1 aliphatic heterocycles. The number of rotatable bonds is 2. The fourth-order valence-electron chi connectivity index (χ4n) is 2.11. The van der Waals surface area contributed by atoms with Crippen molar-refractivity contribution in [3.8, 4) is 0 Å². The van der Waals surface area contributed by atoms with Crippen molar-refractivity contribution in [1.82, 2.24) is 9.88 Å². The van der Waals surface area contributed by atoms with Gasteiger partial charge in [0.2, 0.25) is 0 Å². The number of benzene rings is 1. The van der Waals surface area contributed by atoms with Gasteiger partial charge >= 0.3 is 0 Å². The summed E-state index contributed by atoms with van der Waals surface area (Å²) in [5, 5.41) is 0.344. The first-order valence-corrected chi connectivity index (χ1v) is 7.00. The Hall–Kier alpha value is -1.72. The van der Waals surface area contributed by atoms with Crippen LogP contribution in [0.3, 0.4) is 0 Å². The molecular weight excluding hydrogens is 344 g/mol. The molecule has 100 valence electrons. The van der Waals surface area contributed by atoms with Gasteiger partial charge < -0.3 is 0 Å². The number of aromatic nitrogens is 1. The predicted octanol–water partition coefficient (Wildman–Crippen LogP) is 3.29. The van der Waals surface area contributed by atoms with E-state index in [2.05, 4.69) is 20.9 Å². The lowest BCUT2D eigenvalue weighted by molar-refractivity contribution is 0.0642. The van der Waals surface area contributed by atoms with Gasteiger partial charge in [-0.05, 0) is 39.7 Å². The molecule has 6 heteroatoms. The van der Waals surface area contributed by atoms with Gasteiger partial charge in [-0.2, -0.15) is 0 Å². The SMILES string of the molecule is O=C1c2ccccc2C(=O)N1Cc1cnc(Cl)c(Br)c1. The maximum atomic E-state index is 12.2. The van der Waals surface area contributed by atoms with Gasteiger partial charge in [0.1, 0.15) is 5.15 Å². The first kappa shape index (κ1) is 13.3. The molecule has 2 aromatic rings. The molecule has 1 aromatic carbocycles. The fourth-order valence-corrected chi connectivity index (χ4v) is 2.61. The zero-order chi connectivity index (χ0) is 14.3. The number of pyridine rings is 1. The highest BCUT2D eigenvalue weighted by molar-refractivity contribution is 9.10. The maximum absolute atomic E-state index is 12.2. The lowest BCUT2D eigenvalue weighted by Crippen LogP contribution is -2.29. The highest BCUT2D eigenvalue weighted by atomic mass is 79.9. The minimum atomic E-state index is -0.281. The van der Waals surface area contributed by atoms with Crippen LogP contribution in [-0.4, -0.2) is 21.7 Å². The van der Waals surface area contributed by atoms with E-state index < -0.39 is 0 Å². The van der Waals surface area contributed by atoms with E-state index in [9.17, 15) is 9.59 Å². The van der Waals surface area contributed by atoms with Crippen LogP contribution in [0.5, 0.6) is 0 Å². The van der Waals surface area contributed by atoms with E-state index in [1.54, 1.807) is 36.5 Å². The quantitative estimate of drug-likeness (QED) is 0.616. The average molecular weight is 352 g/mol. The number of fused-ring (bicyclic) bond motifs is 1. The molecule has 3 rings (SSSR count). The summed E-state index contributed by atoms with van der Waals surface area (Å²) in [6.45, 7) is 0.176. The van der Waals surface area contributed by atoms with E-state index in [0.717, 1.165) is 5.56 Å². The first-order valence-electron chi connectivity index (χ1n) is 5.83. The predicted molar refractivity (Wildman–Crippen MR) is 77.6 cm³/mol. The molecule has 1 aliphatic rings. The zero-order valence-electron chi connectivity index (χ0n) is 10.1. The third-order valence-corrected chi connectivity index (χ3v) is 4.21. The Morgan fingerprint density at radius 1 is 1.15 bits per heavy atom. The molecule has 1 aromatic heterocycles. The van der Waals surface area contributed by atoms with E-state index in [4.69, 9.17) is 11.6 Å². The molecule has 0 saturated heterocycles.